The maximum absolute atomic E-state index is 11.8. The molecule has 0 radical (unpaired) electrons. The van der Waals surface area contributed by atoms with E-state index in [1.54, 1.807) is 0 Å². The predicted octanol–water partition coefficient (Wildman–Crippen LogP) is 1.78. The van der Waals surface area contributed by atoms with Gasteiger partial charge in [0.15, 0.2) is 5.96 Å². The first-order valence-corrected chi connectivity index (χ1v) is 8.42. The molecule has 0 fully saturated rings. The highest BCUT2D eigenvalue weighted by Crippen LogP contribution is 2.11. The summed E-state index contributed by atoms with van der Waals surface area (Å²) in [4.78, 5) is 16.2. The molecule has 1 aromatic rings. The molecule has 0 unspecified atom stereocenters. The zero-order chi connectivity index (χ0) is 17.8. The molecule has 0 saturated heterocycles. The number of nitrogens with zero attached hydrogens (tertiary/aromatic N) is 1. The third-order valence-corrected chi connectivity index (χ3v) is 3.10. The third kappa shape index (κ3) is 8.41. The Morgan fingerprint density at radius 1 is 1.08 bits per heavy atom. The fourth-order valence-corrected chi connectivity index (χ4v) is 1.80. The Balaban J connectivity index is 2.28. The van der Waals surface area contributed by atoms with E-state index in [9.17, 15) is 4.79 Å². The largest absolute Gasteiger partial charge is 0.492 e. The zero-order valence-corrected chi connectivity index (χ0v) is 15.2. The van der Waals surface area contributed by atoms with Crippen molar-refractivity contribution in [2.24, 2.45) is 10.4 Å². The number of amides is 1. The second-order valence-corrected chi connectivity index (χ2v) is 6.35. The van der Waals surface area contributed by atoms with Crippen molar-refractivity contribution in [1.29, 1.82) is 0 Å². The number of guanidine groups is 1. The second-order valence-electron chi connectivity index (χ2n) is 6.35. The topological polar surface area (TPSA) is 74.8 Å². The number of ether oxygens (including phenoxy) is 1. The van der Waals surface area contributed by atoms with E-state index in [4.69, 9.17) is 4.74 Å². The molecule has 24 heavy (non-hydrogen) atoms. The minimum absolute atomic E-state index is 0.0342. The standard InChI is InChI=1S/C18H30N4O2/c1-5-19-17(21-12-11-20-16(23)18(2,3)4)22-13-14-24-15-9-7-6-8-10-15/h6-10H,5,11-14H2,1-4H3,(H,20,23)(H2,19,21,22). The number of para-hydroxylation sites is 1. The van der Waals surface area contributed by atoms with E-state index in [-0.39, 0.29) is 11.3 Å². The van der Waals surface area contributed by atoms with Crippen molar-refractivity contribution in [3.63, 3.8) is 0 Å². The SMILES string of the molecule is CCNC(=NCCNC(=O)C(C)(C)C)NCCOc1ccccc1. The van der Waals surface area contributed by atoms with Crippen molar-refractivity contribution in [3.05, 3.63) is 30.3 Å². The van der Waals surface area contributed by atoms with Crippen LogP contribution in [-0.2, 0) is 4.79 Å². The lowest BCUT2D eigenvalue weighted by atomic mass is 9.96. The average Bonchev–Trinajstić information content (AvgIpc) is 2.55. The Kier molecular flexibility index (Phi) is 8.68. The van der Waals surface area contributed by atoms with Crippen molar-refractivity contribution in [2.45, 2.75) is 27.7 Å². The van der Waals surface area contributed by atoms with Gasteiger partial charge in [-0.15, -0.1) is 0 Å². The van der Waals surface area contributed by atoms with E-state index < -0.39 is 0 Å². The normalized spacial score (nSPS) is 11.8. The molecule has 0 atom stereocenters. The molecule has 0 saturated carbocycles. The van der Waals surface area contributed by atoms with Gasteiger partial charge in [0.1, 0.15) is 12.4 Å². The van der Waals surface area contributed by atoms with E-state index in [0.29, 0.717) is 26.2 Å². The summed E-state index contributed by atoms with van der Waals surface area (Å²) < 4.78 is 5.63. The molecule has 0 spiro atoms. The first-order chi connectivity index (χ1) is 11.4. The summed E-state index contributed by atoms with van der Waals surface area (Å²) in [5.74, 6) is 1.61. The van der Waals surface area contributed by atoms with Gasteiger partial charge in [0.2, 0.25) is 5.91 Å². The smallest absolute Gasteiger partial charge is 0.225 e. The Bertz CT molecular complexity index is 510. The van der Waals surface area contributed by atoms with Gasteiger partial charge in [0.05, 0.1) is 13.1 Å². The molecule has 0 bridgehead atoms. The van der Waals surface area contributed by atoms with Gasteiger partial charge in [-0.2, -0.15) is 0 Å². The molecule has 0 aliphatic rings. The first-order valence-electron chi connectivity index (χ1n) is 8.42. The number of hydrogen-bond donors (Lipinski definition) is 3. The van der Waals surface area contributed by atoms with Crippen LogP contribution in [-0.4, -0.2) is 44.7 Å². The molecule has 1 rings (SSSR count). The Hall–Kier alpha value is -2.24. The van der Waals surface area contributed by atoms with Gasteiger partial charge in [0, 0.05) is 18.5 Å². The van der Waals surface area contributed by atoms with E-state index in [1.807, 2.05) is 58.0 Å². The van der Waals surface area contributed by atoms with E-state index in [0.717, 1.165) is 18.3 Å². The van der Waals surface area contributed by atoms with Crippen molar-refractivity contribution in [3.8, 4) is 5.75 Å². The van der Waals surface area contributed by atoms with Crippen LogP contribution in [0.25, 0.3) is 0 Å². The summed E-state index contributed by atoms with van der Waals surface area (Å²) in [6.45, 7) is 10.7. The van der Waals surface area contributed by atoms with Gasteiger partial charge in [-0.05, 0) is 19.1 Å². The van der Waals surface area contributed by atoms with Crippen molar-refractivity contribution < 1.29 is 9.53 Å². The minimum atomic E-state index is -0.374. The Morgan fingerprint density at radius 2 is 1.79 bits per heavy atom. The van der Waals surface area contributed by atoms with Crippen molar-refractivity contribution in [2.75, 3.05) is 32.8 Å². The number of benzene rings is 1. The molecule has 6 nitrogen and oxygen atoms in total. The summed E-state index contributed by atoms with van der Waals surface area (Å²) in [5.41, 5.74) is -0.374. The first kappa shape index (κ1) is 19.8. The second kappa shape index (κ2) is 10.5. The number of carbonyl (C=O) groups is 1. The van der Waals surface area contributed by atoms with Crippen LogP contribution in [0.15, 0.2) is 35.3 Å². The fraction of sp³-hybridized carbons (Fsp3) is 0.556. The average molecular weight is 334 g/mol. The third-order valence-electron chi connectivity index (χ3n) is 3.10. The lowest BCUT2D eigenvalue weighted by Gasteiger charge is -2.17. The molecule has 1 aromatic carbocycles. The van der Waals surface area contributed by atoms with Crippen LogP contribution < -0.4 is 20.7 Å². The fourth-order valence-electron chi connectivity index (χ4n) is 1.80. The molecular weight excluding hydrogens is 304 g/mol. The van der Waals surface area contributed by atoms with Crippen LogP contribution >= 0.6 is 0 Å². The monoisotopic (exact) mass is 334 g/mol. The van der Waals surface area contributed by atoms with Crippen molar-refractivity contribution >= 4 is 11.9 Å². The van der Waals surface area contributed by atoms with Gasteiger partial charge < -0.3 is 20.7 Å². The van der Waals surface area contributed by atoms with Gasteiger partial charge in [-0.1, -0.05) is 39.0 Å². The van der Waals surface area contributed by atoms with Crippen LogP contribution in [0.5, 0.6) is 5.75 Å². The number of aliphatic imine (C=N–C) groups is 1. The van der Waals surface area contributed by atoms with Gasteiger partial charge in [-0.3, -0.25) is 9.79 Å². The summed E-state index contributed by atoms with van der Waals surface area (Å²) >= 11 is 0. The van der Waals surface area contributed by atoms with E-state index in [2.05, 4.69) is 20.9 Å². The van der Waals surface area contributed by atoms with E-state index >= 15 is 0 Å². The summed E-state index contributed by atoms with van der Waals surface area (Å²) in [6.07, 6.45) is 0. The molecule has 0 aromatic heterocycles. The molecule has 1 amide bonds. The van der Waals surface area contributed by atoms with Crippen LogP contribution in [0, 0.1) is 5.41 Å². The molecule has 3 N–H and O–H groups in total. The minimum Gasteiger partial charge on any atom is -0.492 e. The molecule has 0 heterocycles. The van der Waals surface area contributed by atoms with Crippen LogP contribution in [0.1, 0.15) is 27.7 Å². The number of carbonyl (C=O) groups excluding carboxylic acids is 1. The predicted molar refractivity (Wildman–Crippen MR) is 98.4 cm³/mol. The molecule has 0 aliphatic carbocycles. The Labute approximate surface area is 145 Å². The van der Waals surface area contributed by atoms with Crippen LogP contribution in [0.3, 0.4) is 0 Å². The maximum Gasteiger partial charge on any atom is 0.225 e. The highest BCUT2D eigenvalue weighted by molar-refractivity contribution is 5.81. The van der Waals surface area contributed by atoms with Gasteiger partial charge in [0.25, 0.3) is 0 Å². The molecule has 0 aliphatic heterocycles. The lowest BCUT2D eigenvalue weighted by Crippen LogP contribution is -2.40. The summed E-state index contributed by atoms with van der Waals surface area (Å²) in [7, 11) is 0. The van der Waals surface area contributed by atoms with Crippen LogP contribution in [0.4, 0.5) is 0 Å². The van der Waals surface area contributed by atoms with Crippen LogP contribution in [0.2, 0.25) is 0 Å². The Morgan fingerprint density at radius 3 is 2.42 bits per heavy atom. The number of hydrogen-bond acceptors (Lipinski definition) is 3. The molecule has 6 heteroatoms. The summed E-state index contributed by atoms with van der Waals surface area (Å²) in [5, 5.41) is 9.26. The van der Waals surface area contributed by atoms with Gasteiger partial charge >= 0.3 is 0 Å². The summed E-state index contributed by atoms with van der Waals surface area (Å²) in [6, 6.07) is 9.70. The number of rotatable bonds is 8. The molecule has 134 valence electrons. The highest BCUT2D eigenvalue weighted by Gasteiger charge is 2.20. The van der Waals surface area contributed by atoms with E-state index in [1.165, 1.54) is 0 Å². The van der Waals surface area contributed by atoms with Crippen molar-refractivity contribution in [1.82, 2.24) is 16.0 Å². The number of nitrogens with one attached hydrogen (secondary N) is 3. The zero-order valence-electron chi connectivity index (χ0n) is 15.2. The highest BCUT2D eigenvalue weighted by atomic mass is 16.5. The lowest BCUT2D eigenvalue weighted by molar-refractivity contribution is -0.128. The quantitative estimate of drug-likeness (QED) is 0.385. The maximum atomic E-state index is 11.8. The van der Waals surface area contributed by atoms with Gasteiger partial charge in [-0.25, -0.2) is 0 Å². The molecular formula is C18H30N4O2.